The highest BCUT2D eigenvalue weighted by atomic mass is 32.2. The quantitative estimate of drug-likeness (QED) is 0.467. The van der Waals surface area contributed by atoms with Crippen LogP contribution >= 0.6 is 0 Å². The average molecular weight is 608 g/mol. The lowest BCUT2D eigenvalue weighted by molar-refractivity contribution is -0.132. The first kappa shape index (κ1) is 30.3. The number of benzene rings is 2. The Morgan fingerprint density at radius 1 is 0.953 bits per heavy atom. The Bertz CT molecular complexity index is 1490. The van der Waals surface area contributed by atoms with E-state index in [0.29, 0.717) is 24.1 Å². The van der Waals surface area contributed by atoms with Crippen molar-refractivity contribution >= 4 is 33.0 Å². The molecule has 2 aromatic rings. The second kappa shape index (κ2) is 11.3. The summed E-state index contributed by atoms with van der Waals surface area (Å²) in [6.45, 7) is 4.75. The molecule has 3 fully saturated rings. The minimum absolute atomic E-state index is 0.00822. The predicted molar refractivity (Wildman–Crippen MR) is 169 cm³/mol. The van der Waals surface area contributed by atoms with Crippen molar-refractivity contribution in [3.05, 3.63) is 42.5 Å². The lowest BCUT2D eigenvalue weighted by atomic mass is 9.88. The molecule has 0 aromatic heterocycles. The van der Waals surface area contributed by atoms with Crippen molar-refractivity contribution in [1.29, 1.82) is 0 Å². The van der Waals surface area contributed by atoms with Crippen molar-refractivity contribution in [1.82, 2.24) is 4.90 Å². The third kappa shape index (κ3) is 5.42. The van der Waals surface area contributed by atoms with E-state index in [1.165, 1.54) is 44.8 Å². The minimum Gasteiger partial charge on any atom is -0.363 e. The summed E-state index contributed by atoms with van der Waals surface area (Å²) in [6.07, 6.45) is 8.98. The van der Waals surface area contributed by atoms with E-state index in [2.05, 4.69) is 19.0 Å². The molecule has 2 saturated carbocycles. The van der Waals surface area contributed by atoms with Crippen molar-refractivity contribution in [2.75, 3.05) is 43.2 Å². The third-order valence-electron chi connectivity index (χ3n) is 10.4. The second-order valence-electron chi connectivity index (χ2n) is 13.6. The van der Waals surface area contributed by atoms with Gasteiger partial charge >= 0.3 is 0 Å². The largest absolute Gasteiger partial charge is 0.363 e. The van der Waals surface area contributed by atoms with Gasteiger partial charge < -0.3 is 19.4 Å². The number of sulfone groups is 1. The molecule has 1 saturated heterocycles. The standard InChI is InChI=1S/C34H45N3O5S/c1-22-20-36(33(39)32-34(19-26(42-32)21-35(3)4)28-10-8-6-7-9-11-29(28)34)31-18-25(14-17-30(31)37(22)23(2)38)24-12-15-27(16-13-24)43(5,40)41/h12-18,22,26,28-29,32H,6-11,19-21H2,1-5H3/t22-,26?,28?,29?,32?,34?/m0/s1. The van der Waals surface area contributed by atoms with Crippen molar-refractivity contribution in [3.8, 4) is 11.1 Å². The number of nitrogens with zero attached hydrogens (tertiary/aromatic N) is 3. The Morgan fingerprint density at radius 3 is 2.16 bits per heavy atom. The maximum absolute atomic E-state index is 14.8. The maximum Gasteiger partial charge on any atom is 0.256 e. The molecule has 2 heterocycles. The van der Waals surface area contributed by atoms with Gasteiger partial charge in [-0.05, 0) is 87.5 Å². The van der Waals surface area contributed by atoms with Crippen molar-refractivity contribution in [2.45, 2.75) is 81.9 Å². The topological polar surface area (TPSA) is 87.2 Å². The summed E-state index contributed by atoms with van der Waals surface area (Å²) in [5, 5.41) is 0. The van der Waals surface area contributed by atoms with Crippen LogP contribution in [0.3, 0.4) is 0 Å². The van der Waals surface area contributed by atoms with E-state index < -0.39 is 15.9 Å². The molecule has 43 heavy (non-hydrogen) atoms. The highest BCUT2D eigenvalue weighted by Gasteiger charge is 2.72. The summed E-state index contributed by atoms with van der Waals surface area (Å²) in [6, 6.07) is 12.4. The van der Waals surface area contributed by atoms with Gasteiger partial charge in [-0.25, -0.2) is 8.42 Å². The van der Waals surface area contributed by atoms with Gasteiger partial charge in [0.2, 0.25) is 5.91 Å². The van der Waals surface area contributed by atoms with Crippen LogP contribution in [0.5, 0.6) is 0 Å². The highest BCUT2D eigenvalue weighted by molar-refractivity contribution is 7.90. The summed E-state index contributed by atoms with van der Waals surface area (Å²) in [7, 11) is 0.806. The van der Waals surface area contributed by atoms with E-state index >= 15 is 0 Å². The lowest BCUT2D eigenvalue weighted by Crippen LogP contribution is -2.54. The van der Waals surface area contributed by atoms with Gasteiger partial charge in [0.25, 0.3) is 5.91 Å². The molecule has 4 aliphatic rings. The smallest absolute Gasteiger partial charge is 0.256 e. The number of fused-ring (bicyclic) bond motifs is 4. The van der Waals surface area contributed by atoms with Crippen molar-refractivity contribution in [3.63, 3.8) is 0 Å². The van der Waals surface area contributed by atoms with Gasteiger partial charge in [-0.15, -0.1) is 0 Å². The molecule has 0 bridgehead atoms. The molecule has 232 valence electrons. The van der Waals surface area contributed by atoms with Crippen LogP contribution in [0, 0.1) is 17.3 Å². The molecule has 2 amide bonds. The number of carbonyl (C=O) groups excluding carboxylic acids is 2. The Hall–Kier alpha value is -2.75. The fourth-order valence-electron chi connectivity index (χ4n) is 8.54. The number of rotatable bonds is 5. The van der Waals surface area contributed by atoms with Crippen LogP contribution in [0.2, 0.25) is 0 Å². The molecular formula is C34H45N3O5S. The first-order chi connectivity index (χ1) is 20.4. The summed E-state index contributed by atoms with van der Waals surface area (Å²) in [4.78, 5) is 33.7. The van der Waals surface area contributed by atoms with E-state index in [1.807, 2.05) is 30.0 Å². The fraction of sp³-hybridized carbons (Fsp3) is 0.588. The van der Waals surface area contributed by atoms with Crippen LogP contribution in [0.1, 0.15) is 58.8 Å². The van der Waals surface area contributed by atoms with Crippen LogP contribution in [0.25, 0.3) is 11.1 Å². The van der Waals surface area contributed by atoms with E-state index in [0.717, 1.165) is 29.8 Å². The van der Waals surface area contributed by atoms with Gasteiger partial charge in [0.15, 0.2) is 9.84 Å². The average Bonchev–Trinajstić information content (AvgIpc) is 3.32. The molecule has 9 heteroatoms. The summed E-state index contributed by atoms with van der Waals surface area (Å²) < 4.78 is 30.8. The molecule has 0 radical (unpaired) electrons. The van der Waals surface area contributed by atoms with E-state index in [4.69, 9.17) is 4.74 Å². The SMILES string of the molecule is CC(=O)N1c2ccc(-c3ccc(S(C)(=O)=O)cc3)cc2N(C(=O)C2OC(CN(C)C)CC23C2CCCCCCC23)C[C@@H]1C. The zero-order valence-corrected chi connectivity index (χ0v) is 26.9. The Balaban J connectivity index is 1.39. The summed E-state index contributed by atoms with van der Waals surface area (Å²) >= 11 is 0. The monoisotopic (exact) mass is 607 g/mol. The molecule has 1 spiro atoms. The first-order valence-electron chi connectivity index (χ1n) is 15.8. The number of ether oxygens (including phenoxy) is 1. The number of amides is 2. The summed E-state index contributed by atoms with van der Waals surface area (Å²) in [5.74, 6) is 1.01. The van der Waals surface area contributed by atoms with Crippen LogP contribution in [-0.2, 0) is 24.2 Å². The molecule has 8 nitrogen and oxygen atoms in total. The lowest BCUT2D eigenvalue weighted by Gasteiger charge is -2.42. The Labute approximate surface area is 256 Å². The summed E-state index contributed by atoms with van der Waals surface area (Å²) in [5.41, 5.74) is 3.01. The van der Waals surface area contributed by atoms with Crippen LogP contribution in [0.4, 0.5) is 11.4 Å². The van der Waals surface area contributed by atoms with Crippen molar-refractivity contribution in [2.24, 2.45) is 17.3 Å². The van der Waals surface area contributed by atoms with E-state index in [1.54, 1.807) is 36.1 Å². The van der Waals surface area contributed by atoms with Crippen LogP contribution in [0.15, 0.2) is 47.4 Å². The zero-order valence-electron chi connectivity index (χ0n) is 26.1. The minimum atomic E-state index is -3.31. The first-order valence-corrected chi connectivity index (χ1v) is 17.7. The number of carbonyl (C=O) groups is 2. The predicted octanol–water partition coefficient (Wildman–Crippen LogP) is 5.15. The Morgan fingerprint density at radius 2 is 1.58 bits per heavy atom. The Kier molecular flexibility index (Phi) is 7.97. The second-order valence-corrected chi connectivity index (χ2v) is 15.6. The molecular weight excluding hydrogens is 562 g/mol. The van der Waals surface area contributed by atoms with Crippen LogP contribution < -0.4 is 9.80 Å². The molecule has 2 aliphatic carbocycles. The zero-order chi connectivity index (χ0) is 30.7. The van der Waals surface area contributed by atoms with Gasteiger partial charge in [0, 0.05) is 31.7 Å². The van der Waals surface area contributed by atoms with Gasteiger partial charge in [-0.2, -0.15) is 0 Å². The number of anilines is 2. The van der Waals surface area contributed by atoms with Gasteiger partial charge in [0.05, 0.1) is 28.4 Å². The molecule has 6 rings (SSSR count). The normalized spacial score (nSPS) is 30.5. The fourth-order valence-corrected chi connectivity index (χ4v) is 9.17. The van der Waals surface area contributed by atoms with Gasteiger partial charge in [-0.3, -0.25) is 9.59 Å². The molecule has 4 unspecified atom stereocenters. The maximum atomic E-state index is 14.8. The van der Waals surface area contributed by atoms with Gasteiger partial charge in [-0.1, -0.05) is 43.9 Å². The highest BCUT2D eigenvalue weighted by Crippen LogP contribution is 2.71. The molecule has 2 aromatic carbocycles. The third-order valence-corrected chi connectivity index (χ3v) is 11.5. The van der Waals surface area contributed by atoms with Crippen molar-refractivity contribution < 1.29 is 22.7 Å². The van der Waals surface area contributed by atoms with E-state index in [-0.39, 0.29) is 34.3 Å². The van der Waals surface area contributed by atoms with E-state index in [9.17, 15) is 18.0 Å². The van der Waals surface area contributed by atoms with Crippen LogP contribution in [-0.4, -0.2) is 76.8 Å². The molecule has 2 aliphatic heterocycles. The number of hydrogen-bond acceptors (Lipinski definition) is 6. The molecule has 0 N–H and O–H groups in total. The number of hydrogen-bond donors (Lipinski definition) is 0. The van der Waals surface area contributed by atoms with Gasteiger partial charge in [0.1, 0.15) is 6.10 Å². The number of likely N-dealkylation sites (N-methyl/N-ethyl adjacent to an activating group) is 1. The molecule has 5 atom stereocenters.